The molecule has 1 spiro atoms. The summed E-state index contributed by atoms with van der Waals surface area (Å²) >= 11 is 0. The Morgan fingerprint density at radius 3 is 2.88 bits per heavy atom. The molecule has 2 N–H and O–H groups in total. The van der Waals surface area contributed by atoms with Gasteiger partial charge in [0.25, 0.3) is 0 Å². The van der Waals surface area contributed by atoms with E-state index < -0.39 is 11.4 Å². The van der Waals surface area contributed by atoms with Gasteiger partial charge in [-0.2, -0.15) is 0 Å². The predicted octanol–water partition coefficient (Wildman–Crippen LogP) is 1.37. The van der Waals surface area contributed by atoms with Crippen molar-refractivity contribution >= 4 is 24.4 Å². The summed E-state index contributed by atoms with van der Waals surface area (Å²) in [6.07, 6.45) is 1.58. The minimum absolute atomic E-state index is 0.0834. The normalized spacial score (nSPS) is 20.9. The van der Waals surface area contributed by atoms with E-state index in [1.165, 1.54) is 6.07 Å². The molecule has 0 amide bonds. The molecule has 24 heavy (non-hydrogen) atoms. The average Bonchev–Trinajstić information content (AvgIpc) is 2.93. The number of aliphatic imine (C=N–C) groups is 1. The van der Waals surface area contributed by atoms with Crippen molar-refractivity contribution < 1.29 is 13.9 Å². The van der Waals surface area contributed by atoms with Gasteiger partial charge in [-0.05, 0) is 0 Å². The number of amidine groups is 1. The fourth-order valence-electron chi connectivity index (χ4n) is 3.23. The van der Waals surface area contributed by atoms with Gasteiger partial charge in [0.1, 0.15) is 0 Å². The van der Waals surface area contributed by atoms with Gasteiger partial charge in [-0.1, -0.05) is 0 Å². The van der Waals surface area contributed by atoms with Crippen molar-refractivity contribution in [1.29, 1.82) is 0 Å². The van der Waals surface area contributed by atoms with Gasteiger partial charge in [0, 0.05) is 0 Å². The van der Waals surface area contributed by atoms with Crippen LogP contribution < -0.4 is 15.9 Å². The number of nitrogens with two attached hydrogens (primary N) is 1. The molecule has 2 aliphatic heterocycles. The Labute approximate surface area is 139 Å². The van der Waals surface area contributed by atoms with Gasteiger partial charge < -0.3 is 0 Å². The fraction of sp³-hybridized carbons (Fsp3) is 0.235. The van der Waals surface area contributed by atoms with Gasteiger partial charge in [0.15, 0.2) is 0 Å². The van der Waals surface area contributed by atoms with E-state index in [9.17, 15) is 4.39 Å². The Bertz CT molecular complexity index is 913. The fourth-order valence-corrected chi connectivity index (χ4v) is 3.23. The maximum atomic E-state index is 14.7. The molecule has 1 aromatic heterocycles. The summed E-state index contributed by atoms with van der Waals surface area (Å²) in [6.45, 7) is 5.78. The number of aryl methyl sites for hydroxylation is 1. The van der Waals surface area contributed by atoms with Crippen molar-refractivity contribution in [2.75, 3.05) is 6.61 Å². The molecule has 5 nitrogen and oxygen atoms in total. The van der Waals surface area contributed by atoms with Gasteiger partial charge in [-0.25, -0.2) is 0 Å². The van der Waals surface area contributed by atoms with Crippen LogP contribution in [0.4, 0.5) is 4.39 Å². The van der Waals surface area contributed by atoms with Crippen LogP contribution in [-0.2, 0) is 10.3 Å². The molecular formula is C17H15BFN3O2. The van der Waals surface area contributed by atoms with E-state index in [2.05, 4.69) is 9.98 Å². The number of hydrogen-bond acceptors (Lipinski definition) is 5. The summed E-state index contributed by atoms with van der Waals surface area (Å²) < 4.78 is 25.9. The Morgan fingerprint density at radius 1 is 1.33 bits per heavy atom. The predicted molar refractivity (Wildman–Crippen MR) is 90.9 cm³/mol. The minimum atomic E-state index is -0.918. The average molecular weight is 323 g/mol. The molecule has 2 aromatic rings. The van der Waals surface area contributed by atoms with Crippen molar-refractivity contribution in [1.82, 2.24) is 4.98 Å². The van der Waals surface area contributed by atoms with Crippen molar-refractivity contribution in [2.45, 2.75) is 19.4 Å². The maximum absolute atomic E-state index is 14.7. The third-order valence-corrected chi connectivity index (χ3v) is 4.26. The number of rotatable bonds is 1. The first-order valence-electron chi connectivity index (χ1n) is 7.63. The van der Waals surface area contributed by atoms with Crippen molar-refractivity contribution in [3.8, 4) is 11.5 Å². The molecule has 1 unspecified atom stereocenters. The molecule has 1 aromatic carbocycles. The van der Waals surface area contributed by atoms with Crippen LogP contribution in [-0.4, -0.2) is 30.5 Å². The number of nitrogens with zero attached hydrogens (tertiary/aromatic N) is 2. The first-order valence-corrected chi connectivity index (χ1v) is 7.63. The summed E-state index contributed by atoms with van der Waals surface area (Å²) in [5, 5.41) is 0. The Balaban J connectivity index is 2.04. The first-order chi connectivity index (χ1) is 11.5. The SMILES string of the molecule is CC=Bc1cc(F)c2c(c1)C1(COC(N)=N1)c1cc(C)ncc1O2. The number of halogens is 1. The van der Waals surface area contributed by atoms with Crippen LogP contribution in [0.15, 0.2) is 29.4 Å². The number of benzene rings is 1. The van der Waals surface area contributed by atoms with Gasteiger partial charge in [0.2, 0.25) is 0 Å². The summed E-state index contributed by atoms with van der Waals surface area (Å²) in [4.78, 5) is 8.76. The molecular weight excluding hydrogens is 308 g/mol. The van der Waals surface area contributed by atoms with Crippen LogP contribution in [0, 0.1) is 12.7 Å². The first kappa shape index (κ1) is 14.9. The zero-order chi connectivity index (χ0) is 16.9. The summed E-state index contributed by atoms with van der Waals surface area (Å²) in [5.74, 6) is 2.01. The number of hydrogen-bond donors (Lipinski definition) is 1. The second-order valence-corrected chi connectivity index (χ2v) is 5.90. The molecule has 1 atom stereocenters. The molecule has 0 bridgehead atoms. The van der Waals surface area contributed by atoms with Gasteiger partial charge >= 0.3 is 138 Å². The van der Waals surface area contributed by atoms with E-state index in [0.29, 0.717) is 11.3 Å². The van der Waals surface area contributed by atoms with Crippen LogP contribution in [0.2, 0.25) is 0 Å². The molecule has 0 saturated carbocycles. The molecule has 120 valence electrons. The molecule has 3 heterocycles. The van der Waals surface area contributed by atoms with Gasteiger partial charge in [-0.15, -0.1) is 0 Å². The summed E-state index contributed by atoms with van der Waals surface area (Å²) in [5.41, 5.74) is 7.80. The number of fused-ring (bicyclic) bond motifs is 4. The Kier molecular flexibility index (Phi) is 3.20. The van der Waals surface area contributed by atoms with Crippen LogP contribution in [0.5, 0.6) is 11.5 Å². The Morgan fingerprint density at radius 2 is 2.17 bits per heavy atom. The molecule has 0 saturated heterocycles. The molecule has 2 aliphatic rings. The number of aromatic nitrogens is 1. The van der Waals surface area contributed by atoms with Crippen LogP contribution in [0.1, 0.15) is 23.7 Å². The van der Waals surface area contributed by atoms with Crippen LogP contribution in [0.3, 0.4) is 0 Å². The topological polar surface area (TPSA) is 69.7 Å². The molecule has 0 radical (unpaired) electrons. The van der Waals surface area contributed by atoms with E-state index in [4.69, 9.17) is 15.2 Å². The summed E-state index contributed by atoms with van der Waals surface area (Å²) in [6, 6.07) is 5.26. The quantitative estimate of drug-likeness (QED) is 0.805. The second-order valence-electron chi connectivity index (χ2n) is 5.90. The number of ether oxygens (including phenoxy) is 2. The third kappa shape index (κ3) is 2.04. The van der Waals surface area contributed by atoms with Gasteiger partial charge in [-0.3, -0.25) is 0 Å². The van der Waals surface area contributed by atoms with E-state index in [1.807, 2.05) is 38.9 Å². The monoisotopic (exact) mass is 323 g/mol. The molecule has 0 fully saturated rings. The molecule has 7 heteroatoms. The van der Waals surface area contributed by atoms with Crippen LogP contribution in [0.25, 0.3) is 0 Å². The zero-order valence-corrected chi connectivity index (χ0v) is 13.3. The van der Waals surface area contributed by atoms with Crippen LogP contribution >= 0.6 is 0 Å². The number of pyridine rings is 1. The van der Waals surface area contributed by atoms with Crippen molar-refractivity contribution in [3.05, 3.63) is 47.0 Å². The van der Waals surface area contributed by atoms with E-state index in [0.717, 1.165) is 16.7 Å². The zero-order valence-electron chi connectivity index (χ0n) is 13.3. The van der Waals surface area contributed by atoms with E-state index in [-0.39, 0.29) is 18.4 Å². The van der Waals surface area contributed by atoms with Crippen molar-refractivity contribution in [3.63, 3.8) is 0 Å². The summed E-state index contributed by atoms with van der Waals surface area (Å²) in [7, 11) is 0. The second kappa shape index (κ2) is 5.16. The van der Waals surface area contributed by atoms with Gasteiger partial charge in [0.05, 0.1) is 0 Å². The Hall–Kier alpha value is -2.70. The van der Waals surface area contributed by atoms with Crippen molar-refractivity contribution in [2.24, 2.45) is 10.7 Å². The third-order valence-electron chi connectivity index (χ3n) is 4.26. The molecule has 0 aliphatic carbocycles. The standard InChI is InChI=1S/C17H15BFN3O2/c1-3-18-10-5-12-15(13(19)6-10)24-14-7-21-9(2)4-11(14)17(12)8-23-16(20)22-17/h3-7H,8H2,1-2H3,(H2,20,22). The van der Waals surface area contributed by atoms with E-state index >= 15 is 0 Å². The molecule has 4 rings (SSSR count). The van der Waals surface area contributed by atoms with E-state index in [1.54, 1.807) is 6.20 Å².